The number of amides is 1. The van der Waals surface area contributed by atoms with Crippen molar-refractivity contribution in [3.8, 4) is 5.69 Å². The van der Waals surface area contributed by atoms with Crippen LogP contribution in [0.2, 0.25) is 0 Å². The number of rotatable bonds is 4. The molecule has 0 aliphatic heterocycles. The Labute approximate surface area is 137 Å². The second-order valence-corrected chi connectivity index (χ2v) is 5.25. The first-order valence-corrected chi connectivity index (χ1v) is 7.48. The fourth-order valence-corrected chi connectivity index (χ4v) is 2.55. The lowest BCUT2D eigenvalue weighted by Crippen LogP contribution is -2.20. The topological polar surface area (TPSA) is 77.6 Å². The van der Waals surface area contributed by atoms with Gasteiger partial charge in [-0.1, -0.05) is 29.5 Å². The number of anilines is 1. The Morgan fingerprint density at radius 2 is 1.88 bits per heavy atom. The maximum absolute atomic E-state index is 12.4. The summed E-state index contributed by atoms with van der Waals surface area (Å²) in [5.41, 5.74) is 3.09. The Morgan fingerprint density at radius 1 is 1.04 bits per heavy atom. The molecule has 7 nitrogen and oxygen atoms in total. The lowest BCUT2D eigenvalue weighted by atomic mass is 10.2. The molecule has 24 heavy (non-hydrogen) atoms. The molecule has 1 N–H and O–H groups in total. The van der Waals surface area contributed by atoms with Gasteiger partial charge in [0.2, 0.25) is 5.91 Å². The minimum absolute atomic E-state index is 0.0912. The van der Waals surface area contributed by atoms with Gasteiger partial charge in [-0.05, 0) is 30.3 Å². The van der Waals surface area contributed by atoms with Crippen molar-refractivity contribution < 1.29 is 4.79 Å². The van der Waals surface area contributed by atoms with Crippen LogP contribution in [0.25, 0.3) is 16.7 Å². The molecule has 1 amide bonds. The summed E-state index contributed by atoms with van der Waals surface area (Å²) in [6.07, 6.45) is 3.52. The van der Waals surface area contributed by atoms with E-state index in [4.69, 9.17) is 0 Å². The number of para-hydroxylation sites is 3. The van der Waals surface area contributed by atoms with Gasteiger partial charge in [0.25, 0.3) is 0 Å². The highest BCUT2D eigenvalue weighted by atomic mass is 16.2. The molecule has 0 saturated heterocycles. The number of hydrogen-bond donors (Lipinski definition) is 1. The van der Waals surface area contributed by atoms with Crippen LogP contribution in [-0.4, -0.2) is 30.7 Å². The van der Waals surface area contributed by atoms with Gasteiger partial charge in [0.1, 0.15) is 12.1 Å². The highest BCUT2D eigenvalue weighted by Crippen LogP contribution is 2.19. The zero-order chi connectivity index (χ0) is 16.4. The second-order valence-electron chi connectivity index (χ2n) is 5.25. The number of carbonyl (C=O) groups excluding carboxylic acids is 1. The van der Waals surface area contributed by atoms with Crippen molar-refractivity contribution in [2.75, 3.05) is 5.32 Å². The van der Waals surface area contributed by atoms with Gasteiger partial charge >= 0.3 is 0 Å². The average molecular weight is 318 g/mol. The molecule has 2 aromatic carbocycles. The molecule has 0 aliphatic rings. The fraction of sp³-hybridized carbons (Fsp3) is 0.0588. The summed E-state index contributed by atoms with van der Waals surface area (Å²) in [6.45, 7) is 0.0912. The SMILES string of the molecule is O=C(Cn1nnc2ccccc21)Nc1ccccc1-n1cccn1. The number of nitrogens with zero attached hydrogens (tertiary/aromatic N) is 5. The largest absolute Gasteiger partial charge is 0.323 e. The first-order valence-electron chi connectivity index (χ1n) is 7.48. The molecule has 4 rings (SSSR count). The van der Waals surface area contributed by atoms with Crippen LogP contribution in [0.4, 0.5) is 5.69 Å². The van der Waals surface area contributed by atoms with Crippen molar-refractivity contribution in [3.63, 3.8) is 0 Å². The highest BCUT2D eigenvalue weighted by Gasteiger charge is 2.11. The Balaban J connectivity index is 1.57. The van der Waals surface area contributed by atoms with E-state index in [2.05, 4.69) is 20.7 Å². The maximum atomic E-state index is 12.4. The summed E-state index contributed by atoms with van der Waals surface area (Å²) in [5, 5.41) is 15.2. The van der Waals surface area contributed by atoms with E-state index in [1.165, 1.54) is 0 Å². The molecule has 118 valence electrons. The summed E-state index contributed by atoms with van der Waals surface area (Å²) in [5.74, 6) is -0.176. The lowest BCUT2D eigenvalue weighted by Gasteiger charge is -2.11. The number of carbonyl (C=O) groups is 1. The van der Waals surface area contributed by atoms with Gasteiger partial charge in [0.05, 0.1) is 16.9 Å². The average Bonchev–Trinajstić information content (AvgIpc) is 3.26. The van der Waals surface area contributed by atoms with E-state index >= 15 is 0 Å². The molecule has 0 unspecified atom stereocenters. The normalized spacial score (nSPS) is 10.8. The molecular formula is C17H14N6O. The van der Waals surface area contributed by atoms with Gasteiger partial charge in [-0.25, -0.2) is 9.36 Å². The molecule has 0 radical (unpaired) electrons. The molecule has 0 bridgehead atoms. The summed E-state index contributed by atoms with van der Waals surface area (Å²) in [6, 6.07) is 16.9. The predicted octanol–water partition coefficient (Wildman–Crippen LogP) is 2.26. The third-order valence-corrected chi connectivity index (χ3v) is 3.64. The van der Waals surface area contributed by atoms with Crippen LogP contribution in [0.3, 0.4) is 0 Å². The van der Waals surface area contributed by atoms with Crippen molar-refractivity contribution >= 4 is 22.6 Å². The Hall–Kier alpha value is -3.48. The van der Waals surface area contributed by atoms with Crippen LogP contribution in [-0.2, 0) is 11.3 Å². The smallest absolute Gasteiger partial charge is 0.246 e. The minimum Gasteiger partial charge on any atom is -0.323 e. The van der Waals surface area contributed by atoms with Crippen molar-refractivity contribution in [1.29, 1.82) is 0 Å². The van der Waals surface area contributed by atoms with Crippen molar-refractivity contribution in [2.24, 2.45) is 0 Å². The van der Waals surface area contributed by atoms with Crippen molar-refractivity contribution in [3.05, 3.63) is 67.0 Å². The van der Waals surface area contributed by atoms with Gasteiger partial charge in [-0.15, -0.1) is 5.10 Å². The van der Waals surface area contributed by atoms with E-state index in [1.807, 2.05) is 60.8 Å². The van der Waals surface area contributed by atoms with Crippen LogP contribution in [0, 0.1) is 0 Å². The van der Waals surface area contributed by atoms with E-state index < -0.39 is 0 Å². The molecule has 0 saturated carbocycles. The molecule has 2 heterocycles. The zero-order valence-corrected chi connectivity index (χ0v) is 12.7. The summed E-state index contributed by atoms with van der Waals surface area (Å²) >= 11 is 0. The van der Waals surface area contributed by atoms with Gasteiger partial charge in [-0.3, -0.25) is 4.79 Å². The van der Waals surface area contributed by atoms with Gasteiger partial charge in [0, 0.05) is 12.4 Å². The number of fused-ring (bicyclic) bond motifs is 1. The summed E-state index contributed by atoms with van der Waals surface area (Å²) < 4.78 is 3.29. The Kier molecular flexibility index (Phi) is 3.51. The molecule has 0 aliphatic carbocycles. The zero-order valence-electron chi connectivity index (χ0n) is 12.7. The van der Waals surface area contributed by atoms with Crippen LogP contribution in [0.5, 0.6) is 0 Å². The first kappa shape index (κ1) is 14.1. The molecule has 0 fully saturated rings. The van der Waals surface area contributed by atoms with Crippen molar-refractivity contribution in [1.82, 2.24) is 24.8 Å². The third kappa shape index (κ3) is 2.63. The van der Waals surface area contributed by atoms with Gasteiger partial charge < -0.3 is 5.32 Å². The summed E-state index contributed by atoms with van der Waals surface area (Å²) in [4.78, 5) is 12.4. The molecule has 0 atom stereocenters. The van der Waals surface area contributed by atoms with E-state index in [0.717, 1.165) is 16.7 Å². The van der Waals surface area contributed by atoms with Crippen LogP contribution in [0.1, 0.15) is 0 Å². The number of nitrogens with one attached hydrogen (secondary N) is 1. The Bertz CT molecular complexity index is 989. The number of benzene rings is 2. The van der Waals surface area contributed by atoms with Crippen molar-refractivity contribution in [2.45, 2.75) is 6.54 Å². The van der Waals surface area contributed by atoms with Crippen LogP contribution >= 0.6 is 0 Å². The summed E-state index contributed by atoms with van der Waals surface area (Å²) in [7, 11) is 0. The van der Waals surface area contributed by atoms with Crippen LogP contribution < -0.4 is 5.32 Å². The lowest BCUT2D eigenvalue weighted by molar-refractivity contribution is -0.116. The van der Waals surface area contributed by atoms with E-state index in [1.54, 1.807) is 15.6 Å². The van der Waals surface area contributed by atoms with Gasteiger partial charge in [-0.2, -0.15) is 5.10 Å². The first-order chi connectivity index (χ1) is 11.8. The molecule has 0 spiro atoms. The van der Waals surface area contributed by atoms with Crippen LogP contribution in [0.15, 0.2) is 67.0 Å². The number of hydrogen-bond acceptors (Lipinski definition) is 4. The highest BCUT2D eigenvalue weighted by molar-refractivity contribution is 5.93. The predicted molar refractivity (Wildman–Crippen MR) is 89.7 cm³/mol. The number of aromatic nitrogens is 5. The van der Waals surface area contributed by atoms with E-state index in [9.17, 15) is 4.79 Å². The second kappa shape index (κ2) is 5.96. The quantitative estimate of drug-likeness (QED) is 0.626. The van der Waals surface area contributed by atoms with Gasteiger partial charge in [0.15, 0.2) is 0 Å². The minimum atomic E-state index is -0.176. The monoisotopic (exact) mass is 318 g/mol. The van der Waals surface area contributed by atoms with E-state index in [0.29, 0.717) is 5.69 Å². The molecule has 4 aromatic rings. The Morgan fingerprint density at radius 3 is 2.75 bits per heavy atom. The van der Waals surface area contributed by atoms with E-state index in [-0.39, 0.29) is 12.5 Å². The molecular weight excluding hydrogens is 304 g/mol. The molecule has 2 aromatic heterocycles. The maximum Gasteiger partial charge on any atom is 0.246 e. The third-order valence-electron chi connectivity index (χ3n) is 3.64. The fourth-order valence-electron chi connectivity index (χ4n) is 2.55. The molecule has 7 heteroatoms. The standard InChI is InChI=1S/C17H14N6O/c24-17(12-23-16-9-4-2-7-14(16)20-21-23)19-13-6-1-3-8-15(13)22-11-5-10-18-22/h1-11H,12H2,(H,19,24).